The van der Waals surface area contributed by atoms with Crippen LogP contribution in [-0.4, -0.2) is 9.52 Å². The van der Waals surface area contributed by atoms with Crippen molar-refractivity contribution in [1.82, 2.24) is 0 Å². The molecule has 0 saturated heterocycles. The van der Waals surface area contributed by atoms with Crippen molar-refractivity contribution in [2.24, 2.45) is 5.92 Å². The van der Waals surface area contributed by atoms with Gasteiger partial charge in [-0.25, -0.2) is 0 Å². The van der Waals surface area contributed by atoms with E-state index in [1.54, 1.807) is 10.8 Å². The van der Waals surface area contributed by atoms with Gasteiger partial charge in [0.1, 0.15) is 0 Å². The predicted molar refractivity (Wildman–Crippen MR) is 50.0 cm³/mol. The Balaban J connectivity index is 2.92. The van der Waals surface area contributed by atoms with Crippen LogP contribution in [0.25, 0.3) is 0 Å². The summed E-state index contributed by atoms with van der Waals surface area (Å²) in [5.74, 6) is 0.761. The maximum absolute atomic E-state index is 2.39. The molecule has 0 fully saturated rings. The molecule has 0 heterocycles. The van der Waals surface area contributed by atoms with Gasteiger partial charge >= 0.3 is 0 Å². The minimum absolute atomic E-state index is 0.0913. The second-order valence-corrected chi connectivity index (χ2v) is 4.61. The van der Waals surface area contributed by atoms with Crippen molar-refractivity contribution in [1.29, 1.82) is 0 Å². The lowest BCUT2D eigenvalue weighted by atomic mass is 10.2. The third-order valence-corrected chi connectivity index (χ3v) is 4.44. The SMILES string of the molecule is C[SiH2]C1=C(C)C(C)=CC1C. The summed E-state index contributed by atoms with van der Waals surface area (Å²) in [5, 5.41) is 1.76. The normalized spacial score (nSPS) is 26.8. The fourth-order valence-corrected chi connectivity index (χ4v) is 3.35. The molecule has 1 aliphatic carbocycles. The third kappa shape index (κ3) is 1.10. The molecule has 0 saturated carbocycles. The lowest BCUT2D eigenvalue weighted by Crippen LogP contribution is -1.98. The number of allylic oxidation sites excluding steroid dienone is 4. The quantitative estimate of drug-likeness (QED) is 0.505. The molecule has 1 unspecified atom stereocenters. The van der Waals surface area contributed by atoms with Crippen LogP contribution in [0.1, 0.15) is 20.8 Å². The minimum atomic E-state index is 0.0913. The number of rotatable bonds is 1. The highest BCUT2D eigenvalue weighted by molar-refractivity contribution is 6.44. The Morgan fingerprint density at radius 1 is 1.40 bits per heavy atom. The average Bonchev–Trinajstić information content (AvgIpc) is 2.09. The summed E-state index contributed by atoms with van der Waals surface area (Å²) in [7, 11) is 0.0913. The standard InChI is InChI=1S/C9H16Si/c1-6-5-7(2)9(10-4)8(6)3/h5,7H,10H2,1-4H3. The smallest absolute Gasteiger partial charge is 0.0476 e. The van der Waals surface area contributed by atoms with E-state index >= 15 is 0 Å². The Morgan fingerprint density at radius 2 is 2.00 bits per heavy atom. The van der Waals surface area contributed by atoms with Crippen molar-refractivity contribution in [2.45, 2.75) is 27.3 Å². The molecule has 0 N–H and O–H groups in total. The third-order valence-electron chi connectivity index (χ3n) is 2.50. The van der Waals surface area contributed by atoms with E-state index in [4.69, 9.17) is 0 Å². The summed E-state index contributed by atoms with van der Waals surface area (Å²) >= 11 is 0. The van der Waals surface area contributed by atoms with Gasteiger partial charge in [0, 0.05) is 9.52 Å². The first kappa shape index (κ1) is 7.80. The molecule has 0 aromatic carbocycles. The van der Waals surface area contributed by atoms with E-state index in [1.165, 1.54) is 5.57 Å². The highest BCUT2D eigenvalue weighted by Gasteiger charge is 2.15. The van der Waals surface area contributed by atoms with Crippen molar-refractivity contribution in [3.63, 3.8) is 0 Å². The van der Waals surface area contributed by atoms with E-state index in [0.29, 0.717) is 0 Å². The van der Waals surface area contributed by atoms with E-state index in [-0.39, 0.29) is 9.52 Å². The van der Waals surface area contributed by atoms with Gasteiger partial charge < -0.3 is 0 Å². The van der Waals surface area contributed by atoms with Gasteiger partial charge in [0.15, 0.2) is 0 Å². The zero-order valence-corrected chi connectivity index (χ0v) is 8.78. The number of hydrogen-bond acceptors (Lipinski definition) is 0. The largest absolute Gasteiger partial charge is 0.0786 e. The average molecular weight is 152 g/mol. The minimum Gasteiger partial charge on any atom is -0.0786 e. The van der Waals surface area contributed by atoms with Crippen LogP contribution in [0, 0.1) is 5.92 Å². The second-order valence-electron chi connectivity index (χ2n) is 3.14. The van der Waals surface area contributed by atoms with Crippen LogP contribution in [0.2, 0.25) is 6.55 Å². The Hall–Kier alpha value is -0.303. The molecule has 1 atom stereocenters. The van der Waals surface area contributed by atoms with Gasteiger partial charge in [0.25, 0.3) is 0 Å². The summed E-state index contributed by atoms with van der Waals surface area (Å²) in [6.45, 7) is 9.18. The van der Waals surface area contributed by atoms with E-state index in [9.17, 15) is 0 Å². The summed E-state index contributed by atoms with van der Waals surface area (Å²) < 4.78 is 0. The first-order valence-electron chi connectivity index (χ1n) is 4.05. The lowest BCUT2D eigenvalue weighted by molar-refractivity contribution is 0.927. The zero-order valence-electron chi connectivity index (χ0n) is 7.36. The molecule has 10 heavy (non-hydrogen) atoms. The summed E-state index contributed by atoms with van der Waals surface area (Å²) in [4.78, 5) is 0. The van der Waals surface area contributed by atoms with E-state index in [0.717, 1.165) is 5.92 Å². The van der Waals surface area contributed by atoms with Gasteiger partial charge in [-0.2, -0.15) is 0 Å². The molecule has 1 aliphatic rings. The predicted octanol–water partition coefficient (Wildman–Crippen LogP) is 2.07. The van der Waals surface area contributed by atoms with Gasteiger partial charge in [-0.1, -0.05) is 35.9 Å². The molecular weight excluding hydrogens is 136 g/mol. The van der Waals surface area contributed by atoms with E-state index in [2.05, 4.69) is 33.4 Å². The Bertz CT molecular complexity index is 199. The van der Waals surface area contributed by atoms with E-state index in [1.807, 2.05) is 0 Å². The van der Waals surface area contributed by atoms with Crippen molar-refractivity contribution in [3.05, 3.63) is 22.4 Å². The van der Waals surface area contributed by atoms with Crippen LogP contribution in [-0.2, 0) is 0 Å². The van der Waals surface area contributed by atoms with Crippen molar-refractivity contribution in [3.8, 4) is 0 Å². The van der Waals surface area contributed by atoms with Crippen LogP contribution in [0.4, 0.5) is 0 Å². The van der Waals surface area contributed by atoms with Gasteiger partial charge in [-0.05, 0) is 19.8 Å². The van der Waals surface area contributed by atoms with Gasteiger partial charge in [-0.3, -0.25) is 0 Å². The van der Waals surface area contributed by atoms with Crippen LogP contribution < -0.4 is 0 Å². The molecule has 0 aromatic rings. The molecule has 0 nitrogen and oxygen atoms in total. The molecule has 0 bridgehead atoms. The molecule has 0 amide bonds. The van der Waals surface area contributed by atoms with Crippen molar-refractivity contribution in [2.75, 3.05) is 0 Å². The van der Waals surface area contributed by atoms with Crippen LogP contribution in [0.5, 0.6) is 0 Å². The molecule has 56 valence electrons. The van der Waals surface area contributed by atoms with Crippen LogP contribution in [0.3, 0.4) is 0 Å². The molecular formula is C9H16Si. The Kier molecular flexibility index (Phi) is 2.14. The van der Waals surface area contributed by atoms with Crippen molar-refractivity contribution >= 4 is 9.52 Å². The Labute approximate surface area is 65.8 Å². The summed E-state index contributed by atoms with van der Waals surface area (Å²) in [6.07, 6.45) is 2.39. The molecule has 0 radical (unpaired) electrons. The highest BCUT2D eigenvalue weighted by Crippen LogP contribution is 2.29. The maximum atomic E-state index is 2.39. The number of hydrogen-bond donors (Lipinski definition) is 0. The lowest BCUT2D eigenvalue weighted by Gasteiger charge is -2.05. The zero-order chi connectivity index (χ0) is 7.72. The van der Waals surface area contributed by atoms with Gasteiger partial charge in [0.2, 0.25) is 0 Å². The Morgan fingerprint density at radius 3 is 2.20 bits per heavy atom. The highest BCUT2D eigenvalue weighted by atomic mass is 28.2. The molecule has 0 aliphatic heterocycles. The fourth-order valence-electron chi connectivity index (χ4n) is 1.78. The van der Waals surface area contributed by atoms with E-state index < -0.39 is 0 Å². The van der Waals surface area contributed by atoms with Gasteiger partial charge in [-0.15, -0.1) is 0 Å². The summed E-state index contributed by atoms with van der Waals surface area (Å²) in [6, 6.07) is 0. The monoisotopic (exact) mass is 152 g/mol. The molecule has 0 aromatic heterocycles. The molecule has 0 spiro atoms. The second kappa shape index (κ2) is 2.75. The van der Waals surface area contributed by atoms with Gasteiger partial charge in [0.05, 0.1) is 0 Å². The van der Waals surface area contributed by atoms with Crippen molar-refractivity contribution < 1.29 is 0 Å². The first-order valence-corrected chi connectivity index (χ1v) is 6.17. The first-order chi connectivity index (χ1) is 4.66. The maximum Gasteiger partial charge on any atom is 0.0476 e. The van der Waals surface area contributed by atoms with Crippen LogP contribution >= 0.6 is 0 Å². The molecule has 1 heteroatoms. The van der Waals surface area contributed by atoms with Crippen LogP contribution in [0.15, 0.2) is 22.4 Å². The fraction of sp³-hybridized carbons (Fsp3) is 0.556. The summed E-state index contributed by atoms with van der Waals surface area (Å²) in [5.41, 5.74) is 3.10. The molecule has 1 rings (SSSR count). The topological polar surface area (TPSA) is 0 Å².